The van der Waals surface area contributed by atoms with E-state index in [4.69, 9.17) is 31.8 Å². The van der Waals surface area contributed by atoms with Gasteiger partial charge in [-0.1, -0.05) is 103 Å². The number of thioether (sulfide) groups is 2. The number of aliphatic hydroxyl groups is 1. The minimum absolute atomic E-state index is 0.000688. The summed E-state index contributed by atoms with van der Waals surface area (Å²) >= 11 is 2.13. The van der Waals surface area contributed by atoms with Gasteiger partial charge >= 0.3 is 0 Å². The highest BCUT2D eigenvalue weighted by atomic mass is 32.2. The molecule has 0 heterocycles. The largest absolute Gasteiger partial charge is 0.496 e. The third-order valence-corrected chi connectivity index (χ3v) is 9.28. The number of hydrogen-bond acceptors (Lipinski definition) is 10. The lowest BCUT2D eigenvalue weighted by atomic mass is 10.0. The Kier molecular flexibility index (Phi) is 14.9. The molecule has 4 rings (SSSR count). The molecule has 8 N–H and O–H groups in total. The molecule has 0 saturated heterocycles. The van der Waals surface area contributed by atoms with Gasteiger partial charge in [0.1, 0.15) is 11.5 Å². The third kappa shape index (κ3) is 12.1. The second-order valence-corrected chi connectivity index (χ2v) is 13.8. The molecule has 50 heavy (non-hydrogen) atoms. The Morgan fingerprint density at radius 1 is 0.860 bits per heavy atom. The van der Waals surface area contributed by atoms with Crippen LogP contribution in [0.1, 0.15) is 36.8 Å². The van der Waals surface area contributed by atoms with Crippen LogP contribution in [0.2, 0.25) is 0 Å². The molecule has 12 heteroatoms. The molecule has 0 aliphatic heterocycles. The van der Waals surface area contributed by atoms with Crippen molar-refractivity contribution in [2.75, 3.05) is 14.2 Å². The zero-order valence-electron chi connectivity index (χ0n) is 28.2. The molecule has 0 fully saturated rings. The number of unbranched alkanes of at least 4 members (excludes halogenated alkanes) is 1. The number of carbonyl (C=O) groups is 1. The first-order valence-electron chi connectivity index (χ1n) is 16.2. The number of para-hydroxylation sites is 2. The summed E-state index contributed by atoms with van der Waals surface area (Å²) in [6.07, 6.45) is 1.89. The van der Waals surface area contributed by atoms with Crippen LogP contribution in [0, 0.1) is 10.8 Å². The van der Waals surface area contributed by atoms with E-state index in [1.54, 1.807) is 14.2 Å². The van der Waals surface area contributed by atoms with Crippen molar-refractivity contribution in [2.45, 2.75) is 50.1 Å². The Balaban J connectivity index is 1.14. The first-order chi connectivity index (χ1) is 24.1. The molecule has 0 radical (unpaired) electrons. The van der Waals surface area contributed by atoms with Crippen LogP contribution in [0.3, 0.4) is 0 Å². The second-order valence-electron chi connectivity index (χ2n) is 11.4. The fraction of sp³-hybridized carbons (Fsp3) is 0.263. The number of nitrogens with zero attached hydrogens (tertiary/aromatic N) is 1. The van der Waals surface area contributed by atoms with Gasteiger partial charge in [-0.2, -0.15) is 0 Å². The zero-order valence-corrected chi connectivity index (χ0v) is 29.9. The topological polar surface area (TPSA) is 180 Å². The standard InChI is InChI=1S/C38H44N6O4S2/c1-47-31-17-5-3-15-29(31)27-13-9-11-25(21-27)23-35(45)43-37(41)49-33(39)19-7-8-20-34(40)50-38(42)44-36(46)24-26-12-10-14-28(22-26)30-16-4-6-18-32(30)48-2/h3-6,9-18,21-22,33,36,40,46H,7-8,19-20,23-24,39H2,1-2H3,(H2,42,44)(H2,41,43,45). The van der Waals surface area contributed by atoms with Gasteiger partial charge < -0.3 is 31.4 Å². The van der Waals surface area contributed by atoms with Crippen LogP contribution in [0.4, 0.5) is 0 Å². The predicted octanol–water partition coefficient (Wildman–Crippen LogP) is 6.80. The van der Waals surface area contributed by atoms with Crippen LogP contribution in [-0.2, 0) is 17.6 Å². The Hall–Kier alpha value is -4.62. The van der Waals surface area contributed by atoms with Crippen LogP contribution in [0.15, 0.2) is 102 Å². The fourth-order valence-electron chi connectivity index (χ4n) is 5.31. The Bertz CT molecular complexity index is 1800. The van der Waals surface area contributed by atoms with Gasteiger partial charge in [-0.15, -0.1) is 0 Å². The number of hydrogen-bond donors (Lipinski definition) is 6. The summed E-state index contributed by atoms with van der Waals surface area (Å²) in [5, 5.41) is 29.8. The molecule has 1 amide bonds. The molecule has 0 aliphatic carbocycles. The molecule has 2 atom stereocenters. The van der Waals surface area contributed by atoms with Gasteiger partial charge in [0.05, 0.1) is 31.1 Å². The molecule has 0 aliphatic rings. The summed E-state index contributed by atoms with van der Waals surface area (Å²) in [5.41, 5.74) is 17.8. The highest BCUT2D eigenvalue weighted by Gasteiger charge is 2.14. The molecule has 262 valence electrons. The third-order valence-electron chi connectivity index (χ3n) is 7.64. The van der Waals surface area contributed by atoms with E-state index in [-0.39, 0.29) is 34.5 Å². The van der Waals surface area contributed by atoms with Gasteiger partial charge in [0, 0.05) is 17.5 Å². The molecule has 2 unspecified atom stereocenters. The van der Waals surface area contributed by atoms with Crippen LogP contribution in [0.5, 0.6) is 11.5 Å². The monoisotopic (exact) mass is 712 g/mol. The lowest BCUT2D eigenvalue weighted by Crippen LogP contribution is -2.32. The smallest absolute Gasteiger partial charge is 0.230 e. The van der Waals surface area contributed by atoms with Gasteiger partial charge in [-0.25, -0.2) is 4.99 Å². The highest BCUT2D eigenvalue weighted by Crippen LogP contribution is 2.31. The number of nitrogens with one attached hydrogen (secondary N) is 3. The van der Waals surface area contributed by atoms with Crippen LogP contribution in [0.25, 0.3) is 22.3 Å². The summed E-state index contributed by atoms with van der Waals surface area (Å²) in [6.45, 7) is 0. The number of benzene rings is 4. The van der Waals surface area contributed by atoms with Crippen molar-refractivity contribution < 1.29 is 19.4 Å². The summed E-state index contributed by atoms with van der Waals surface area (Å²) < 4.78 is 10.9. The Labute approximate surface area is 302 Å². The highest BCUT2D eigenvalue weighted by molar-refractivity contribution is 8.26. The van der Waals surface area contributed by atoms with Crippen molar-refractivity contribution in [3.8, 4) is 33.8 Å². The quantitative estimate of drug-likeness (QED) is 0.0337. The number of amides is 1. The molecular weight excluding hydrogens is 669 g/mol. The van der Waals surface area contributed by atoms with E-state index in [1.807, 2.05) is 97.1 Å². The molecule has 4 aromatic rings. The number of amidine groups is 2. The first-order valence-corrected chi connectivity index (χ1v) is 17.9. The normalized spacial score (nSPS) is 12.5. The van der Waals surface area contributed by atoms with E-state index in [2.05, 4.69) is 10.3 Å². The average Bonchev–Trinajstić information content (AvgIpc) is 3.10. The van der Waals surface area contributed by atoms with E-state index in [9.17, 15) is 9.90 Å². The number of aliphatic imine (C=N–C) groups is 1. The van der Waals surface area contributed by atoms with Gasteiger partial charge in [0.15, 0.2) is 16.6 Å². The number of nitrogens with two attached hydrogens (primary N) is 2. The van der Waals surface area contributed by atoms with Gasteiger partial charge in [0.25, 0.3) is 0 Å². The number of carbonyl (C=O) groups excluding carboxylic acids is 1. The van der Waals surface area contributed by atoms with Gasteiger partial charge in [-0.3, -0.25) is 15.6 Å². The maximum Gasteiger partial charge on any atom is 0.230 e. The summed E-state index contributed by atoms with van der Waals surface area (Å²) in [4.78, 5) is 16.8. The molecule has 0 aromatic heterocycles. The van der Waals surface area contributed by atoms with Crippen molar-refractivity contribution >= 4 is 44.8 Å². The second kappa shape index (κ2) is 19.5. The van der Waals surface area contributed by atoms with Crippen LogP contribution >= 0.6 is 23.5 Å². The lowest BCUT2D eigenvalue weighted by molar-refractivity contribution is -0.119. The zero-order chi connectivity index (χ0) is 35.9. The lowest BCUT2D eigenvalue weighted by Gasteiger charge is -2.13. The summed E-state index contributed by atoms with van der Waals surface area (Å²) in [7, 11) is 3.26. The Morgan fingerprint density at radius 3 is 2.06 bits per heavy atom. The SMILES string of the molecule is COc1ccccc1-c1cccc(CC(=O)NC(=N)SC(N)CCCCC(=N)S/C(N)=N\C(O)Cc2cccc(-c3ccccc3OC)c2)c1. The number of aliphatic hydroxyl groups excluding tert-OH is 1. The van der Waals surface area contributed by atoms with Crippen molar-refractivity contribution in [1.29, 1.82) is 10.8 Å². The van der Waals surface area contributed by atoms with Crippen LogP contribution < -0.4 is 26.3 Å². The molecule has 0 bridgehead atoms. The van der Waals surface area contributed by atoms with Crippen molar-refractivity contribution in [1.82, 2.24) is 5.32 Å². The van der Waals surface area contributed by atoms with Gasteiger partial charge in [0.2, 0.25) is 5.91 Å². The predicted molar refractivity (Wildman–Crippen MR) is 207 cm³/mol. The van der Waals surface area contributed by atoms with E-state index in [0.717, 1.165) is 74.8 Å². The van der Waals surface area contributed by atoms with E-state index >= 15 is 0 Å². The molecule has 0 spiro atoms. The first kappa shape index (κ1) is 38.2. The maximum atomic E-state index is 12.6. The van der Waals surface area contributed by atoms with Crippen molar-refractivity contribution in [3.05, 3.63) is 108 Å². The minimum Gasteiger partial charge on any atom is -0.496 e. The summed E-state index contributed by atoms with van der Waals surface area (Å²) in [5.74, 6) is 1.24. The Morgan fingerprint density at radius 2 is 1.44 bits per heavy atom. The van der Waals surface area contributed by atoms with E-state index in [1.165, 1.54) is 0 Å². The number of methoxy groups -OCH3 is 2. The average molecular weight is 713 g/mol. The molecule has 0 saturated carbocycles. The minimum atomic E-state index is -1.04. The van der Waals surface area contributed by atoms with E-state index < -0.39 is 6.23 Å². The maximum absolute atomic E-state index is 12.6. The van der Waals surface area contributed by atoms with Crippen molar-refractivity contribution in [3.63, 3.8) is 0 Å². The molecule has 4 aromatic carbocycles. The van der Waals surface area contributed by atoms with Crippen LogP contribution in [-0.4, -0.2) is 52.2 Å². The van der Waals surface area contributed by atoms with E-state index in [0.29, 0.717) is 24.3 Å². The van der Waals surface area contributed by atoms with Crippen molar-refractivity contribution in [2.24, 2.45) is 16.5 Å². The fourth-order valence-corrected chi connectivity index (χ4v) is 6.75. The number of rotatable bonds is 15. The molecule has 10 nitrogen and oxygen atoms in total. The van der Waals surface area contributed by atoms with Gasteiger partial charge in [-0.05, 0) is 65.4 Å². The number of ether oxygens (including phenoxy) is 2. The molecular formula is C38H44N6O4S2. The summed E-state index contributed by atoms with van der Waals surface area (Å²) in [6, 6.07) is 31.0.